The number of para-hydroxylation sites is 1. The van der Waals surface area contributed by atoms with Crippen LogP contribution in [0, 0.1) is 0 Å². The van der Waals surface area contributed by atoms with Crippen molar-refractivity contribution in [1.82, 2.24) is 15.0 Å². The predicted octanol–water partition coefficient (Wildman–Crippen LogP) is 2.23. The average molecular weight is 285 g/mol. The Morgan fingerprint density at radius 2 is 2.05 bits per heavy atom. The summed E-state index contributed by atoms with van der Waals surface area (Å²) in [6.45, 7) is 0. The Morgan fingerprint density at radius 3 is 2.85 bits per heavy atom. The summed E-state index contributed by atoms with van der Waals surface area (Å²) >= 11 is 1.22. The number of rotatable bonds is 4. The third kappa shape index (κ3) is 2.50. The first-order valence-corrected chi connectivity index (χ1v) is 7.01. The van der Waals surface area contributed by atoms with E-state index < -0.39 is 0 Å². The quantitative estimate of drug-likeness (QED) is 0.438. The molecule has 0 saturated heterocycles. The molecule has 2 N–H and O–H groups in total. The number of Topliss-reactive ketones (excluding diaryl/α,β-unsaturated/α-hetero) is 1. The van der Waals surface area contributed by atoms with Gasteiger partial charge in [-0.15, -0.1) is 0 Å². The fraction of sp³-hybridized carbons (Fsp3) is 0.0714. The van der Waals surface area contributed by atoms with E-state index in [2.05, 4.69) is 15.0 Å². The minimum Gasteiger partial charge on any atom is -0.359 e. The number of aromatic amines is 2. The smallest absolute Gasteiger partial charge is 0.259 e. The minimum atomic E-state index is -0.189. The Morgan fingerprint density at radius 1 is 1.20 bits per heavy atom. The molecule has 0 aliphatic heterocycles. The van der Waals surface area contributed by atoms with Crippen molar-refractivity contribution in [2.45, 2.75) is 5.16 Å². The molecule has 0 atom stereocenters. The van der Waals surface area contributed by atoms with Crippen LogP contribution in [-0.4, -0.2) is 26.5 Å². The third-order valence-electron chi connectivity index (χ3n) is 2.83. The number of H-pyrrole nitrogens is 2. The summed E-state index contributed by atoms with van der Waals surface area (Å²) in [6.07, 6.45) is 1.70. The molecule has 0 amide bonds. The van der Waals surface area contributed by atoms with Gasteiger partial charge < -0.3 is 9.97 Å². The van der Waals surface area contributed by atoms with Gasteiger partial charge in [0.1, 0.15) is 0 Å². The van der Waals surface area contributed by atoms with Crippen molar-refractivity contribution in [3.63, 3.8) is 0 Å². The van der Waals surface area contributed by atoms with Crippen molar-refractivity contribution in [3.05, 3.63) is 58.6 Å². The van der Waals surface area contributed by atoms with Crippen LogP contribution in [0.5, 0.6) is 0 Å². The number of carbonyl (C=O) groups excluding carboxylic acids is 1. The monoisotopic (exact) mass is 285 g/mol. The largest absolute Gasteiger partial charge is 0.359 e. The molecular weight excluding hydrogens is 274 g/mol. The van der Waals surface area contributed by atoms with Crippen molar-refractivity contribution in [1.29, 1.82) is 0 Å². The number of fused-ring (bicyclic) bond motifs is 1. The number of carbonyl (C=O) groups is 1. The van der Waals surface area contributed by atoms with E-state index in [-0.39, 0.29) is 17.1 Å². The fourth-order valence-corrected chi connectivity index (χ4v) is 2.60. The van der Waals surface area contributed by atoms with Gasteiger partial charge in [-0.05, 0) is 24.3 Å². The molecule has 6 heteroatoms. The Kier molecular flexibility index (Phi) is 3.39. The van der Waals surface area contributed by atoms with Crippen LogP contribution in [0.4, 0.5) is 0 Å². The van der Waals surface area contributed by atoms with Gasteiger partial charge in [-0.1, -0.05) is 23.9 Å². The summed E-state index contributed by atoms with van der Waals surface area (Å²) in [6, 6.07) is 10.6. The number of nitrogens with zero attached hydrogens (tertiary/aromatic N) is 1. The summed E-state index contributed by atoms with van der Waals surface area (Å²) < 4.78 is 0. The molecule has 3 aromatic rings. The molecule has 0 unspecified atom stereocenters. The SMILES string of the molecule is O=C(CSc1nc2ccccc2c(=O)[nH]1)c1ccc[nH]1. The topological polar surface area (TPSA) is 78.6 Å². The standard InChI is InChI=1S/C14H11N3O2S/c18-12(11-6-3-7-15-11)8-20-14-16-10-5-2-1-4-9(10)13(19)17-14/h1-7,15H,8H2,(H,16,17,19). The number of thioether (sulfide) groups is 1. The van der Waals surface area contributed by atoms with Crippen LogP contribution in [0.1, 0.15) is 10.5 Å². The first kappa shape index (κ1) is 12.7. The highest BCUT2D eigenvalue weighted by molar-refractivity contribution is 7.99. The van der Waals surface area contributed by atoms with E-state index in [0.717, 1.165) is 0 Å². The summed E-state index contributed by atoms with van der Waals surface area (Å²) in [5.74, 6) is 0.192. The number of benzene rings is 1. The second-order valence-electron chi connectivity index (χ2n) is 4.18. The van der Waals surface area contributed by atoms with Gasteiger partial charge >= 0.3 is 0 Å². The molecule has 0 aliphatic rings. The molecule has 2 aromatic heterocycles. The van der Waals surface area contributed by atoms with Gasteiger partial charge in [0.05, 0.1) is 22.3 Å². The molecule has 0 fully saturated rings. The normalized spacial score (nSPS) is 10.8. The highest BCUT2D eigenvalue weighted by Crippen LogP contribution is 2.15. The Hall–Kier alpha value is -2.34. The van der Waals surface area contributed by atoms with E-state index in [0.29, 0.717) is 21.8 Å². The first-order valence-electron chi connectivity index (χ1n) is 6.02. The highest BCUT2D eigenvalue weighted by Gasteiger charge is 2.09. The van der Waals surface area contributed by atoms with Gasteiger partial charge in [0.25, 0.3) is 5.56 Å². The summed E-state index contributed by atoms with van der Waals surface area (Å²) in [7, 11) is 0. The van der Waals surface area contributed by atoms with Crippen molar-refractivity contribution in [2.24, 2.45) is 0 Å². The lowest BCUT2D eigenvalue weighted by atomic mass is 10.2. The Labute approximate surface area is 118 Å². The molecule has 0 saturated carbocycles. The first-order chi connectivity index (χ1) is 9.74. The van der Waals surface area contributed by atoms with Crippen LogP contribution in [0.15, 0.2) is 52.5 Å². The molecule has 0 bridgehead atoms. The van der Waals surface area contributed by atoms with Gasteiger partial charge in [0, 0.05) is 6.20 Å². The lowest BCUT2D eigenvalue weighted by Gasteiger charge is -2.01. The zero-order valence-corrected chi connectivity index (χ0v) is 11.2. The summed E-state index contributed by atoms with van der Waals surface area (Å²) in [5.41, 5.74) is 0.997. The maximum absolute atomic E-state index is 11.9. The molecule has 5 nitrogen and oxygen atoms in total. The average Bonchev–Trinajstić information content (AvgIpc) is 2.99. The van der Waals surface area contributed by atoms with Gasteiger partial charge in [-0.2, -0.15) is 0 Å². The lowest BCUT2D eigenvalue weighted by Crippen LogP contribution is -2.10. The van der Waals surface area contributed by atoms with E-state index in [4.69, 9.17) is 0 Å². The van der Waals surface area contributed by atoms with E-state index in [1.54, 1.807) is 36.5 Å². The zero-order valence-electron chi connectivity index (χ0n) is 10.4. The highest BCUT2D eigenvalue weighted by atomic mass is 32.2. The second-order valence-corrected chi connectivity index (χ2v) is 5.15. The second kappa shape index (κ2) is 5.34. The van der Waals surface area contributed by atoms with Crippen molar-refractivity contribution in [3.8, 4) is 0 Å². The van der Waals surface area contributed by atoms with E-state index in [1.165, 1.54) is 11.8 Å². The van der Waals surface area contributed by atoms with Crippen molar-refractivity contribution in [2.75, 3.05) is 5.75 Å². The molecule has 1 aromatic carbocycles. The fourth-order valence-electron chi connectivity index (χ4n) is 1.85. The number of hydrogen-bond donors (Lipinski definition) is 2. The van der Waals surface area contributed by atoms with Gasteiger partial charge in [0.15, 0.2) is 10.9 Å². The van der Waals surface area contributed by atoms with Crippen molar-refractivity contribution < 1.29 is 4.79 Å². The predicted molar refractivity (Wildman–Crippen MR) is 78.2 cm³/mol. The molecule has 20 heavy (non-hydrogen) atoms. The van der Waals surface area contributed by atoms with Crippen LogP contribution in [0.2, 0.25) is 0 Å². The molecular formula is C14H11N3O2S. The van der Waals surface area contributed by atoms with Gasteiger partial charge in [-0.3, -0.25) is 9.59 Å². The van der Waals surface area contributed by atoms with Gasteiger partial charge in [-0.25, -0.2) is 4.98 Å². The van der Waals surface area contributed by atoms with Crippen LogP contribution >= 0.6 is 11.8 Å². The Balaban J connectivity index is 1.81. The lowest BCUT2D eigenvalue weighted by molar-refractivity contribution is 0.101. The number of nitrogens with one attached hydrogen (secondary N) is 2. The van der Waals surface area contributed by atoms with E-state index in [9.17, 15) is 9.59 Å². The molecule has 100 valence electrons. The van der Waals surface area contributed by atoms with Crippen LogP contribution < -0.4 is 5.56 Å². The molecule has 0 spiro atoms. The number of aromatic nitrogens is 3. The van der Waals surface area contributed by atoms with Crippen LogP contribution in [0.25, 0.3) is 10.9 Å². The maximum Gasteiger partial charge on any atom is 0.259 e. The molecule has 3 rings (SSSR count). The number of ketones is 1. The van der Waals surface area contributed by atoms with E-state index in [1.807, 2.05) is 6.07 Å². The summed E-state index contributed by atoms with van der Waals surface area (Å²) in [4.78, 5) is 33.6. The van der Waals surface area contributed by atoms with Crippen LogP contribution in [0.3, 0.4) is 0 Å². The maximum atomic E-state index is 11.9. The van der Waals surface area contributed by atoms with Crippen LogP contribution in [-0.2, 0) is 0 Å². The molecule has 0 aliphatic carbocycles. The van der Waals surface area contributed by atoms with E-state index >= 15 is 0 Å². The summed E-state index contributed by atoms with van der Waals surface area (Å²) in [5, 5.41) is 1.00. The number of hydrogen-bond acceptors (Lipinski definition) is 4. The Bertz CT molecular complexity index is 809. The molecule has 2 heterocycles. The minimum absolute atomic E-state index is 0.0317. The molecule has 0 radical (unpaired) electrons. The third-order valence-corrected chi connectivity index (χ3v) is 3.70. The van der Waals surface area contributed by atoms with Gasteiger partial charge in [0.2, 0.25) is 0 Å². The van der Waals surface area contributed by atoms with Crippen molar-refractivity contribution >= 4 is 28.4 Å². The zero-order chi connectivity index (χ0) is 13.9.